The summed E-state index contributed by atoms with van der Waals surface area (Å²) in [5.74, 6) is -0.239. The molecular weight excluding hydrogens is 318 g/mol. The predicted octanol–water partition coefficient (Wildman–Crippen LogP) is 1.71. The smallest absolute Gasteiger partial charge is 0.343 e. The van der Waals surface area contributed by atoms with Crippen LogP contribution in [0.4, 0.5) is 5.69 Å². The number of hydrogen-bond donors (Lipinski definition) is 2. The first kappa shape index (κ1) is 16.9. The third-order valence-electron chi connectivity index (χ3n) is 2.99. The molecular formula is C15H17N3O4S. The lowest BCUT2D eigenvalue weighted by Gasteiger charge is -2.10. The summed E-state index contributed by atoms with van der Waals surface area (Å²) in [5.41, 5.74) is 7.26. The van der Waals surface area contributed by atoms with Gasteiger partial charge in [0.2, 0.25) is 0 Å². The fourth-order valence-corrected chi connectivity index (χ4v) is 2.42. The van der Waals surface area contributed by atoms with Crippen LogP contribution in [0.5, 0.6) is 5.75 Å². The zero-order chi connectivity index (χ0) is 16.8. The number of methoxy groups -OCH3 is 1. The van der Waals surface area contributed by atoms with Crippen molar-refractivity contribution in [2.45, 2.75) is 13.5 Å². The summed E-state index contributed by atoms with van der Waals surface area (Å²) in [6.07, 6.45) is 0. The topological polar surface area (TPSA) is 104 Å². The quantitative estimate of drug-likeness (QED) is 0.779. The van der Waals surface area contributed by atoms with E-state index in [1.807, 2.05) is 6.92 Å². The number of benzene rings is 1. The van der Waals surface area contributed by atoms with Crippen molar-refractivity contribution in [1.29, 1.82) is 0 Å². The van der Waals surface area contributed by atoms with Crippen molar-refractivity contribution in [3.63, 3.8) is 0 Å². The number of esters is 1. The van der Waals surface area contributed by atoms with Crippen molar-refractivity contribution in [1.82, 2.24) is 4.98 Å². The van der Waals surface area contributed by atoms with Gasteiger partial charge in [0.1, 0.15) is 16.5 Å². The van der Waals surface area contributed by atoms with Gasteiger partial charge in [-0.25, -0.2) is 9.78 Å². The van der Waals surface area contributed by atoms with E-state index in [0.29, 0.717) is 28.7 Å². The van der Waals surface area contributed by atoms with E-state index in [-0.39, 0.29) is 12.5 Å². The van der Waals surface area contributed by atoms with Gasteiger partial charge in [-0.3, -0.25) is 4.79 Å². The Hall–Kier alpha value is -2.45. The lowest BCUT2D eigenvalue weighted by molar-refractivity contribution is -0.142. The number of anilines is 1. The number of aromatic nitrogens is 1. The molecule has 0 unspecified atom stereocenters. The summed E-state index contributed by atoms with van der Waals surface area (Å²) in [7, 11) is 1.30. The number of nitrogens with two attached hydrogens (primary N) is 1. The van der Waals surface area contributed by atoms with Gasteiger partial charge in [-0.2, -0.15) is 0 Å². The molecule has 2 aromatic rings. The summed E-state index contributed by atoms with van der Waals surface area (Å²) in [4.78, 5) is 27.3. The number of nitrogens with zero attached hydrogens (tertiary/aromatic N) is 1. The third-order valence-corrected chi connectivity index (χ3v) is 3.86. The molecule has 0 aliphatic rings. The van der Waals surface area contributed by atoms with Crippen LogP contribution in [0.2, 0.25) is 0 Å². The molecule has 0 aliphatic carbocycles. The molecule has 3 N–H and O–H groups in total. The van der Waals surface area contributed by atoms with Gasteiger partial charge in [-0.1, -0.05) is 0 Å². The number of thiazole rings is 1. The van der Waals surface area contributed by atoms with Crippen LogP contribution in [0.3, 0.4) is 0 Å². The van der Waals surface area contributed by atoms with Crippen LogP contribution < -0.4 is 15.8 Å². The summed E-state index contributed by atoms with van der Waals surface area (Å²) in [6, 6.07) is 5.10. The highest BCUT2D eigenvalue weighted by Crippen LogP contribution is 2.22. The minimum absolute atomic E-state index is 0.164. The number of carbonyl (C=O) groups excluding carboxylic acids is 2. The molecule has 8 heteroatoms. The SMILES string of the molecule is COC(=O)COc1ccc(NC(=O)c2csc(CN)n2)c(C)c1. The Morgan fingerprint density at radius 1 is 1.39 bits per heavy atom. The van der Waals surface area contributed by atoms with Crippen LogP contribution in [-0.2, 0) is 16.1 Å². The van der Waals surface area contributed by atoms with Crippen LogP contribution in [0, 0.1) is 6.92 Å². The van der Waals surface area contributed by atoms with Crippen molar-refractivity contribution < 1.29 is 19.1 Å². The van der Waals surface area contributed by atoms with E-state index in [0.717, 1.165) is 5.56 Å². The van der Waals surface area contributed by atoms with Gasteiger partial charge in [-0.15, -0.1) is 11.3 Å². The summed E-state index contributed by atoms with van der Waals surface area (Å²) < 4.78 is 9.79. The highest BCUT2D eigenvalue weighted by atomic mass is 32.1. The molecule has 0 saturated heterocycles. The second-order valence-corrected chi connectivity index (χ2v) is 5.57. The highest BCUT2D eigenvalue weighted by Gasteiger charge is 2.12. The van der Waals surface area contributed by atoms with Crippen LogP contribution in [0.25, 0.3) is 0 Å². The number of rotatable bonds is 6. The zero-order valence-electron chi connectivity index (χ0n) is 12.8. The predicted molar refractivity (Wildman–Crippen MR) is 86.6 cm³/mol. The normalized spacial score (nSPS) is 10.2. The Morgan fingerprint density at radius 2 is 2.17 bits per heavy atom. The molecule has 1 heterocycles. The van der Waals surface area contributed by atoms with Gasteiger partial charge in [0.25, 0.3) is 5.91 Å². The number of aryl methyl sites for hydroxylation is 1. The van der Waals surface area contributed by atoms with Crippen molar-refractivity contribution in [2.75, 3.05) is 19.0 Å². The van der Waals surface area contributed by atoms with Gasteiger partial charge in [0.05, 0.1) is 7.11 Å². The van der Waals surface area contributed by atoms with Gasteiger partial charge in [0.15, 0.2) is 6.61 Å². The third kappa shape index (κ3) is 4.51. The second kappa shape index (κ2) is 7.70. The Bertz CT molecular complexity index is 714. The lowest BCUT2D eigenvalue weighted by atomic mass is 10.2. The average Bonchev–Trinajstić information content (AvgIpc) is 3.04. The average molecular weight is 335 g/mol. The number of carbonyl (C=O) groups is 2. The summed E-state index contributed by atoms with van der Waals surface area (Å²) in [5, 5.41) is 5.16. The minimum atomic E-state index is -0.459. The number of nitrogens with one attached hydrogen (secondary N) is 1. The van der Waals surface area contributed by atoms with E-state index >= 15 is 0 Å². The lowest BCUT2D eigenvalue weighted by Crippen LogP contribution is -2.14. The van der Waals surface area contributed by atoms with Crippen molar-refractivity contribution in [3.8, 4) is 5.75 Å². The van der Waals surface area contributed by atoms with E-state index in [1.54, 1.807) is 23.6 Å². The fourth-order valence-electron chi connectivity index (χ4n) is 1.76. The second-order valence-electron chi connectivity index (χ2n) is 4.63. The molecule has 1 amide bonds. The van der Waals surface area contributed by atoms with E-state index in [4.69, 9.17) is 10.5 Å². The van der Waals surface area contributed by atoms with Crippen molar-refractivity contribution in [2.24, 2.45) is 5.73 Å². The molecule has 0 atom stereocenters. The maximum atomic E-state index is 12.1. The molecule has 0 aliphatic heterocycles. The molecule has 0 saturated carbocycles. The maximum absolute atomic E-state index is 12.1. The Balaban J connectivity index is 2.02. The Kier molecular flexibility index (Phi) is 5.67. The first-order valence-electron chi connectivity index (χ1n) is 6.79. The van der Waals surface area contributed by atoms with Gasteiger partial charge < -0.3 is 20.5 Å². The number of hydrogen-bond acceptors (Lipinski definition) is 7. The molecule has 0 bridgehead atoms. The fraction of sp³-hybridized carbons (Fsp3) is 0.267. The maximum Gasteiger partial charge on any atom is 0.343 e. The molecule has 122 valence electrons. The van der Waals surface area contributed by atoms with Crippen LogP contribution in [-0.4, -0.2) is 30.6 Å². The van der Waals surface area contributed by atoms with E-state index in [2.05, 4.69) is 15.0 Å². The molecule has 1 aromatic heterocycles. The molecule has 0 fully saturated rings. The van der Waals surface area contributed by atoms with Crippen LogP contribution in [0.1, 0.15) is 21.1 Å². The van der Waals surface area contributed by atoms with Crippen LogP contribution >= 0.6 is 11.3 Å². The Morgan fingerprint density at radius 3 is 2.78 bits per heavy atom. The molecule has 1 aromatic carbocycles. The molecule has 23 heavy (non-hydrogen) atoms. The molecule has 0 spiro atoms. The van der Waals surface area contributed by atoms with E-state index in [9.17, 15) is 9.59 Å². The first-order chi connectivity index (χ1) is 11.0. The number of amides is 1. The van der Waals surface area contributed by atoms with Gasteiger partial charge in [0, 0.05) is 17.6 Å². The van der Waals surface area contributed by atoms with Crippen molar-refractivity contribution >= 4 is 28.9 Å². The standard InChI is InChI=1S/C15H17N3O4S/c1-9-5-10(22-7-14(19)21-2)3-4-11(9)18-15(20)12-8-23-13(6-16)17-12/h3-5,8H,6-7,16H2,1-2H3,(H,18,20). The monoisotopic (exact) mass is 335 g/mol. The molecule has 2 rings (SSSR count). The van der Waals surface area contributed by atoms with Gasteiger partial charge in [-0.05, 0) is 30.7 Å². The molecule has 0 radical (unpaired) electrons. The highest BCUT2D eigenvalue weighted by molar-refractivity contribution is 7.09. The van der Waals surface area contributed by atoms with Crippen molar-refractivity contribution in [3.05, 3.63) is 39.8 Å². The van der Waals surface area contributed by atoms with E-state index in [1.165, 1.54) is 18.4 Å². The zero-order valence-corrected chi connectivity index (χ0v) is 13.6. The summed E-state index contributed by atoms with van der Waals surface area (Å²) >= 11 is 1.35. The van der Waals surface area contributed by atoms with Gasteiger partial charge >= 0.3 is 5.97 Å². The first-order valence-corrected chi connectivity index (χ1v) is 7.67. The Labute approximate surface area is 137 Å². The minimum Gasteiger partial charge on any atom is -0.482 e. The largest absolute Gasteiger partial charge is 0.482 e. The number of ether oxygens (including phenoxy) is 2. The molecule has 7 nitrogen and oxygen atoms in total. The van der Waals surface area contributed by atoms with Crippen LogP contribution in [0.15, 0.2) is 23.6 Å². The summed E-state index contributed by atoms with van der Waals surface area (Å²) in [6.45, 7) is 1.97. The van der Waals surface area contributed by atoms with E-state index < -0.39 is 5.97 Å².